The summed E-state index contributed by atoms with van der Waals surface area (Å²) < 4.78 is 5.58. The molecule has 0 aliphatic heterocycles. The number of rotatable bonds is 2. The molecular weight excluding hydrogens is 199 g/mol. The molecule has 0 spiro atoms. The SMILES string of the molecule is Sc1ccc[c-]c1Oc1ccccc1.[Li+]. The van der Waals surface area contributed by atoms with Gasteiger partial charge in [-0.25, -0.2) is 12.6 Å². The van der Waals surface area contributed by atoms with Gasteiger partial charge in [-0.2, -0.15) is 18.2 Å². The third kappa shape index (κ3) is 3.35. The van der Waals surface area contributed by atoms with E-state index in [9.17, 15) is 0 Å². The van der Waals surface area contributed by atoms with Crippen LogP contribution >= 0.6 is 12.6 Å². The van der Waals surface area contributed by atoms with Gasteiger partial charge in [0.15, 0.2) is 0 Å². The number of benzene rings is 2. The normalized spacial score (nSPS) is 9.13. The van der Waals surface area contributed by atoms with E-state index in [0.29, 0.717) is 5.75 Å². The maximum Gasteiger partial charge on any atom is 1.00 e. The summed E-state index contributed by atoms with van der Waals surface area (Å²) in [6.07, 6.45) is 0. The second-order valence-corrected chi connectivity index (χ2v) is 3.28. The molecule has 0 unspecified atom stereocenters. The van der Waals surface area contributed by atoms with E-state index < -0.39 is 0 Å². The molecule has 0 N–H and O–H groups in total. The zero-order chi connectivity index (χ0) is 9.80. The molecule has 0 aliphatic carbocycles. The first kappa shape index (κ1) is 12.3. The number of hydrogen-bond donors (Lipinski definition) is 1. The fraction of sp³-hybridized carbons (Fsp3) is 0. The van der Waals surface area contributed by atoms with Crippen molar-refractivity contribution < 1.29 is 23.6 Å². The predicted octanol–water partition coefficient (Wildman–Crippen LogP) is 0.572. The average Bonchev–Trinajstić information content (AvgIpc) is 2.23. The van der Waals surface area contributed by atoms with Crippen molar-refractivity contribution in [3.8, 4) is 11.5 Å². The quantitative estimate of drug-likeness (QED) is 0.431. The Morgan fingerprint density at radius 2 is 1.73 bits per heavy atom. The fourth-order valence-electron chi connectivity index (χ4n) is 1.10. The van der Waals surface area contributed by atoms with E-state index in [2.05, 4.69) is 18.7 Å². The standard InChI is InChI=1S/C12H9OS.Li/c14-12-9-5-4-8-11(12)13-10-6-2-1-3-7-10;/h1-7,9,14H;/q-1;+1. The summed E-state index contributed by atoms with van der Waals surface area (Å²) in [6.45, 7) is 0. The van der Waals surface area contributed by atoms with Gasteiger partial charge in [0.25, 0.3) is 0 Å². The van der Waals surface area contributed by atoms with Gasteiger partial charge in [-0.05, 0) is 12.1 Å². The monoisotopic (exact) mass is 208 g/mol. The molecule has 0 saturated heterocycles. The minimum atomic E-state index is 0. The third-order valence-electron chi connectivity index (χ3n) is 1.76. The molecule has 2 rings (SSSR count). The zero-order valence-electron chi connectivity index (χ0n) is 8.47. The molecule has 0 aliphatic rings. The van der Waals surface area contributed by atoms with Crippen LogP contribution in [0.1, 0.15) is 0 Å². The smallest absolute Gasteiger partial charge is 0.482 e. The van der Waals surface area contributed by atoms with Crippen molar-refractivity contribution >= 4 is 12.6 Å². The van der Waals surface area contributed by atoms with Gasteiger partial charge in [0.2, 0.25) is 0 Å². The van der Waals surface area contributed by atoms with Crippen LogP contribution in [0, 0.1) is 6.07 Å². The molecule has 0 aromatic heterocycles. The number of hydrogen-bond acceptors (Lipinski definition) is 2. The Kier molecular flexibility index (Phi) is 4.84. The molecule has 3 heteroatoms. The number of ether oxygens (including phenoxy) is 1. The maximum atomic E-state index is 5.58. The van der Waals surface area contributed by atoms with Crippen LogP contribution in [-0.2, 0) is 0 Å². The summed E-state index contributed by atoms with van der Waals surface area (Å²) in [4.78, 5) is 0.788. The van der Waals surface area contributed by atoms with E-state index in [-0.39, 0.29) is 18.9 Å². The van der Waals surface area contributed by atoms with Gasteiger partial charge >= 0.3 is 18.9 Å². The molecule has 0 fully saturated rings. The van der Waals surface area contributed by atoms with Crippen LogP contribution in [0.4, 0.5) is 0 Å². The molecular formula is C12H9LiOS. The van der Waals surface area contributed by atoms with E-state index in [0.717, 1.165) is 10.6 Å². The molecule has 0 heterocycles. The van der Waals surface area contributed by atoms with Crippen molar-refractivity contribution in [1.29, 1.82) is 0 Å². The van der Waals surface area contributed by atoms with Gasteiger partial charge in [0.1, 0.15) is 5.75 Å². The van der Waals surface area contributed by atoms with Gasteiger partial charge in [-0.3, -0.25) is 0 Å². The van der Waals surface area contributed by atoms with Crippen molar-refractivity contribution in [1.82, 2.24) is 0 Å². The van der Waals surface area contributed by atoms with Crippen molar-refractivity contribution in [3.63, 3.8) is 0 Å². The van der Waals surface area contributed by atoms with E-state index >= 15 is 0 Å². The van der Waals surface area contributed by atoms with Crippen LogP contribution in [0.5, 0.6) is 11.5 Å². The van der Waals surface area contributed by atoms with E-state index in [1.165, 1.54) is 0 Å². The first-order valence-electron chi connectivity index (χ1n) is 4.29. The molecule has 1 nitrogen and oxygen atoms in total. The predicted molar refractivity (Wildman–Crippen MR) is 59.0 cm³/mol. The maximum absolute atomic E-state index is 5.58. The second-order valence-electron chi connectivity index (χ2n) is 2.80. The molecule has 0 amide bonds. The van der Waals surface area contributed by atoms with Crippen molar-refractivity contribution in [3.05, 3.63) is 54.6 Å². The first-order chi connectivity index (χ1) is 6.86. The van der Waals surface area contributed by atoms with Crippen molar-refractivity contribution in [2.24, 2.45) is 0 Å². The van der Waals surface area contributed by atoms with Crippen LogP contribution in [0.2, 0.25) is 0 Å². The Hall–Kier alpha value is -0.813. The van der Waals surface area contributed by atoms with Crippen LogP contribution in [0.15, 0.2) is 53.4 Å². The van der Waals surface area contributed by atoms with Crippen LogP contribution in [-0.4, -0.2) is 0 Å². The zero-order valence-corrected chi connectivity index (χ0v) is 9.37. The van der Waals surface area contributed by atoms with Crippen molar-refractivity contribution in [2.45, 2.75) is 4.90 Å². The molecule has 15 heavy (non-hydrogen) atoms. The summed E-state index contributed by atoms with van der Waals surface area (Å²) >= 11 is 4.27. The van der Waals surface area contributed by atoms with E-state index in [1.54, 1.807) is 6.07 Å². The molecule has 0 radical (unpaired) electrons. The third-order valence-corrected chi connectivity index (χ3v) is 2.11. The van der Waals surface area contributed by atoms with E-state index in [1.807, 2.05) is 42.5 Å². The summed E-state index contributed by atoms with van der Waals surface area (Å²) in [6, 6.07) is 18.1. The molecule has 2 aromatic carbocycles. The summed E-state index contributed by atoms with van der Waals surface area (Å²) in [7, 11) is 0. The second kappa shape index (κ2) is 5.92. The minimum absolute atomic E-state index is 0. The largest absolute Gasteiger partial charge is 1.00 e. The minimum Gasteiger partial charge on any atom is -0.482 e. The molecule has 70 valence electrons. The van der Waals surface area contributed by atoms with E-state index in [4.69, 9.17) is 4.74 Å². The van der Waals surface area contributed by atoms with Crippen molar-refractivity contribution in [2.75, 3.05) is 0 Å². The Balaban J connectivity index is 0.00000112. The average molecular weight is 208 g/mol. The van der Waals surface area contributed by atoms with Gasteiger partial charge in [-0.1, -0.05) is 23.1 Å². The van der Waals surface area contributed by atoms with Gasteiger partial charge in [0.05, 0.1) is 0 Å². The van der Waals surface area contributed by atoms with Crippen LogP contribution in [0.25, 0.3) is 0 Å². The summed E-state index contributed by atoms with van der Waals surface area (Å²) in [5.41, 5.74) is 0. The molecule has 0 bridgehead atoms. The van der Waals surface area contributed by atoms with Gasteiger partial charge in [-0.15, -0.1) is 6.07 Å². The number of thiol groups is 1. The Morgan fingerprint density at radius 3 is 2.40 bits per heavy atom. The molecule has 0 atom stereocenters. The van der Waals surface area contributed by atoms with Crippen LogP contribution in [0.3, 0.4) is 0 Å². The van der Waals surface area contributed by atoms with Crippen LogP contribution < -0.4 is 23.6 Å². The topological polar surface area (TPSA) is 9.23 Å². The fourth-order valence-corrected chi connectivity index (χ4v) is 1.30. The molecule has 0 saturated carbocycles. The Bertz CT molecular complexity index is 417. The summed E-state index contributed by atoms with van der Waals surface area (Å²) in [5, 5.41) is 0. The summed E-state index contributed by atoms with van der Waals surface area (Å²) in [5.74, 6) is 1.45. The molecule has 2 aromatic rings. The number of para-hydroxylation sites is 2. The Labute approximate surface area is 107 Å². The Morgan fingerprint density at radius 1 is 1.00 bits per heavy atom. The van der Waals surface area contributed by atoms with Gasteiger partial charge < -0.3 is 4.74 Å². The van der Waals surface area contributed by atoms with Gasteiger partial charge in [0, 0.05) is 5.75 Å². The first-order valence-corrected chi connectivity index (χ1v) is 4.73.